The number of carbonyl (C=O) groups excluding carboxylic acids is 2. The van der Waals surface area contributed by atoms with Gasteiger partial charge in [0.05, 0.1) is 23.6 Å². The Bertz CT molecular complexity index is 1570. The molecule has 0 bridgehead atoms. The van der Waals surface area contributed by atoms with Crippen LogP contribution in [-0.4, -0.2) is 43.5 Å². The molecule has 3 aromatic carbocycles. The quantitative estimate of drug-likeness (QED) is 0.297. The summed E-state index contributed by atoms with van der Waals surface area (Å²) in [7, 11) is 0. The van der Waals surface area contributed by atoms with E-state index in [0.29, 0.717) is 25.9 Å². The summed E-state index contributed by atoms with van der Waals surface area (Å²) in [5.41, 5.74) is 13.1. The number of aromatic nitrogens is 2. The van der Waals surface area contributed by atoms with Crippen molar-refractivity contribution in [1.82, 2.24) is 19.8 Å². The molecular weight excluding hydrogens is 502 g/mol. The SMILES string of the molecule is C=CCn1c(CNC(=O)[C@@H]2Cc3ccccc3CN2C(=O)[C@@H](N)Cc2c(C)cc(O)cc2C)nc2ccccc21. The van der Waals surface area contributed by atoms with Gasteiger partial charge in [-0.3, -0.25) is 9.59 Å². The van der Waals surface area contributed by atoms with Gasteiger partial charge in [-0.05, 0) is 72.4 Å². The normalized spacial score (nSPS) is 15.5. The Kier molecular flexibility index (Phi) is 7.71. The topological polar surface area (TPSA) is 113 Å². The molecule has 0 radical (unpaired) electrons. The number of imidazole rings is 1. The highest BCUT2D eigenvalue weighted by Crippen LogP contribution is 2.26. The van der Waals surface area contributed by atoms with Crippen LogP contribution in [0.15, 0.2) is 73.3 Å². The number of fused-ring (bicyclic) bond motifs is 2. The van der Waals surface area contributed by atoms with E-state index in [2.05, 4.69) is 11.9 Å². The zero-order chi connectivity index (χ0) is 28.4. The van der Waals surface area contributed by atoms with E-state index in [1.165, 1.54) is 0 Å². The van der Waals surface area contributed by atoms with Crippen LogP contribution in [0.1, 0.15) is 33.6 Å². The average Bonchev–Trinajstić information content (AvgIpc) is 3.29. The molecule has 2 amide bonds. The van der Waals surface area contributed by atoms with Gasteiger partial charge < -0.3 is 25.6 Å². The van der Waals surface area contributed by atoms with Gasteiger partial charge >= 0.3 is 0 Å². The van der Waals surface area contributed by atoms with Crippen molar-refractivity contribution >= 4 is 22.8 Å². The number of nitrogens with two attached hydrogens (primary N) is 1. The molecule has 0 spiro atoms. The Morgan fingerprint density at radius 3 is 2.52 bits per heavy atom. The first kappa shape index (κ1) is 27.1. The molecule has 4 aromatic rings. The molecule has 8 nitrogen and oxygen atoms in total. The molecule has 0 fully saturated rings. The van der Waals surface area contributed by atoms with Crippen LogP contribution in [0, 0.1) is 13.8 Å². The largest absolute Gasteiger partial charge is 0.508 e. The van der Waals surface area contributed by atoms with Crippen LogP contribution in [0.2, 0.25) is 0 Å². The Morgan fingerprint density at radius 1 is 1.12 bits per heavy atom. The van der Waals surface area contributed by atoms with Gasteiger partial charge in [0.15, 0.2) is 0 Å². The Hall–Kier alpha value is -4.43. The minimum atomic E-state index is -0.834. The van der Waals surface area contributed by atoms with Crippen molar-refractivity contribution in [2.75, 3.05) is 0 Å². The third kappa shape index (κ3) is 5.35. The van der Waals surface area contributed by atoms with Gasteiger partial charge in [-0.15, -0.1) is 6.58 Å². The van der Waals surface area contributed by atoms with Gasteiger partial charge in [0.2, 0.25) is 11.8 Å². The predicted molar refractivity (Wildman–Crippen MR) is 156 cm³/mol. The molecule has 206 valence electrons. The van der Waals surface area contributed by atoms with Crippen molar-refractivity contribution in [3.05, 3.63) is 107 Å². The predicted octanol–water partition coefficient (Wildman–Crippen LogP) is 3.68. The van der Waals surface area contributed by atoms with Gasteiger partial charge in [0, 0.05) is 19.5 Å². The molecule has 1 aliphatic heterocycles. The maximum absolute atomic E-state index is 13.8. The fraction of sp³-hybridized carbons (Fsp3) is 0.281. The summed E-state index contributed by atoms with van der Waals surface area (Å²) in [6, 6.07) is 17.5. The lowest BCUT2D eigenvalue weighted by atomic mass is 9.91. The monoisotopic (exact) mass is 537 g/mol. The van der Waals surface area contributed by atoms with Gasteiger partial charge in [0.1, 0.15) is 17.6 Å². The summed E-state index contributed by atoms with van der Waals surface area (Å²) in [5, 5.41) is 13.0. The van der Waals surface area contributed by atoms with Gasteiger partial charge in [-0.25, -0.2) is 4.98 Å². The smallest absolute Gasteiger partial charge is 0.243 e. The summed E-state index contributed by atoms with van der Waals surface area (Å²) in [6.45, 7) is 8.75. The lowest BCUT2D eigenvalue weighted by Gasteiger charge is -2.37. The van der Waals surface area contributed by atoms with Crippen molar-refractivity contribution in [1.29, 1.82) is 0 Å². The number of amides is 2. The second-order valence-corrected chi connectivity index (χ2v) is 10.5. The highest BCUT2D eigenvalue weighted by atomic mass is 16.3. The first-order valence-electron chi connectivity index (χ1n) is 13.5. The van der Waals surface area contributed by atoms with Crippen LogP contribution >= 0.6 is 0 Å². The molecule has 2 atom stereocenters. The summed E-state index contributed by atoms with van der Waals surface area (Å²) in [6.07, 6.45) is 2.52. The maximum atomic E-state index is 13.8. The number of hydrogen-bond acceptors (Lipinski definition) is 5. The Morgan fingerprint density at radius 2 is 1.80 bits per heavy atom. The molecule has 0 aliphatic carbocycles. The van der Waals surface area contributed by atoms with Crippen molar-refractivity contribution in [3.8, 4) is 5.75 Å². The zero-order valence-electron chi connectivity index (χ0n) is 22.9. The molecule has 40 heavy (non-hydrogen) atoms. The number of aryl methyl sites for hydroxylation is 2. The number of allylic oxidation sites excluding steroid dienone is 1. The molecule has 4 N–H and O–H groups in total. The van der Waals surface area contributed by atoms with Gasteiger partial charge in [0.25, 0.3) is 0 Å². The first-order valence-corrected chi connectivity index (χ1v) is 13.5. The highest BCUT2D eigenvalue weighted by Gasteiger charge is 2.36. The molecular formula is C32H35N5O3. The molecule has 0 saturated heterocycles. The molecule has 0 saturated carbocycles. The van der Waals surface area contributed by atoms with Crippen LogP contribution in [0.25, 0.3) is 11.0 Å². The maximum Gasteiger partial charge on any atom is 0.243 e. The highest BCUT2D eigenvalue weighted by molar-refractivity contribution is 5.90. The van der Waals surface area contributed by atoms with E-state index in [1.807, 2.05) is 66.9 Å². The Labute approximate surface area is 234 Å². The van der Waals surface area contributed by atoms with Crippen molar-refractivity contribution < 1.29 is 14.7 Å². The number of aromatic hydroxyl groups is 1. The molecule has 1 aromatic heterocycles. The Balaban J connectivity index is 1.38. The summed E-state index contributed by atoms with van der Waals surface area (Å²) in [5.74, 6) is 0.382. The second-order valence-electron chi connectivity index (χ2n) is 10.5. The van der Waals surface area contributed by atoms with Crippen LogP contribution in [-0.2, 0) is 42.1 Å². The number of phenolic OH excluding ortho intramolecular Hbond substituents is 1. The molecule has 8 heteroatoms. The lowest BCUT2D eigenvalue weighted by Crippen LogP contribution is -2.56. The van der Waals surface area contributed by atoms with Gasteiger partial charge in [-0.1, -0.05) is 42.5 Å². The van der Waals surface area contributed by atoms with Crippen molar-refractivity contribution in [2.24, 2.45) is 5.73 Å². The van der Waals surface area contributed by atoms with Crippen LogP contribution < -0.4 is 11.1 Å². The number of rotatable bonds is 8. The lowest BCUT2D eigenvalue weighted by molar-refractivity contribution is -0.142. The first-order chi connectivity index (χ1) is 19.3. The molecule has 0 unspecified atom stereocenters. The van der Waals surface area contributed by atoms with E-state index >= 15 is 0 Å². The van der Waals surface area contributed by atoms with E-state index < -0.39 is 12.1 Å². The standard InChI is InChI=1S/C32H35N5O3/c1-4-13-36-28-12-8-7-11-27(28)35-30(36)18-34-31(39)29-16-22-9-5-6-10-23(22)19-37(29)32(40)26(33)17-25-20(2)14-24(38)15-21(25)3/h4-12,14-15,26,29,38H,1,13,16-19,33H2,2-3H3,(H,34,39)/t26-,29-/m0/s1. The fourth-order valence-corrected chi connectivity index (χ4v) is 5.68. The number of phenols is 1. The zero-order valence-corrected chi connectivity index (χ0v) is 22.9. The summed E-state index contributed by atoms with van der Waals surface area (Å²) in [4.78, 5) is 33.8. The van der Waals surface area contributed by atoms with E-state index in [1.54, 1.807) is 23.1 Å². The van der Waals surface area contributed by atoms with Crippen LogP contribution in [0.5, 0.6) is 5.75 Å². The number of carbonyl (C=O) groups is 2. The van der Waals surface area contributed by atoms with E-state index in [9.17, 15) is 14.7 Å². The number of nitrogens with zero attached hydrogens (tertiary/aromatic N) is 3. The number of benzene rings is 3. The van der Waals surface area contributed by atoms with Crippen LogP contribution in [0.4, 0.5) is 0 Å². The average molecular weight is 538 g/mol. The molecule has 1 aliphatic rings. The third-order valence-electron chi connectivity index (χ3n) is 7.72. The van der Waals surface area contributed by atoms with Crippen molar-refractivity contribution in [2.45, 2.75) is 58.4 Å². The second kappa shape index (κ2) is 11.4. The number of hydrogen-bond donors (Lipinski definition) is 3. The minimum absolute atomic E-state index is 0.185. The number of nitrogens with one attached hydrogen (secondary N) is 1. The van der Waals surface area contributed by atoms with E-state index in [4.69, 9.17) is 10.7 Å². The van der Waals surface area contributed by atoms with Crippen molar-refractivity contribution in [3.63, 3.8) is 0 Å². The van der Waals surface area contributed by atoms with E-state index in [0.717, 1.165) is 44.7 Å². The fourth-order valence-electron chi connectivity index (χ4n) is 5.68. The molecule has 2 heterocycles. The molecule has 5 rings (SSSR count). The number of para-hydroxylation sites is 2. The van der Waals surface area contributed by atoms with Crippen LogP contribution in [0.3, 0.4) is 0 Å². The summed E-state index contributed by atoms with van der Waals surface area (Å²) < 4.78 is 2.03. The minimum Gasteiger partial charge on any atom is -0.508 e. The van der Waals surface area contributed by atoms with Gasteiger partial charge in [-0.2, -0.15) is 0 Å². The third-order valence-corrected chi connectivity index (χ3v) is 7.72. The summed E-state index contributed by atoms with van der Waals surface area (Å²) >= 11 is 0. The van der Waals surface area contributed by atoms with E-state index in [-0.39, 0.29) is 24.1 Å².